The van der Waals surface area contributed by atoms with Gasteiger partial charge in [0.25, 0.3) is 5.91 Å². The normalized spacial score (nSPS) is 16.2. The number of rotatable bonds is 7. The fourth-order valence-electron chi connectivity index (χ4n) is 3.12. The van der Waals surface area contributed by atoms with Gasteiger partial charge in [-0.3, -0.25) is 9.69 Å². The van der Waals surface area contributed by atoms with E-state index in [1.165, 1.54) is 6.26 Å². The van der Waals surface area contributed by atoms with Crippen molar-refractivity contribution < 1.29 is 13.9 Å². The maximum atomic E-state index is 12.1. The zero-order valence-corrected chi connectivity index (χ0v) is 16.3. The zero-order valence-electron chi connectivity index (χ0n) is 16.3. The first kappa shape index (κ1) is 19.2. The Hall–Kier alpha value is -2.54. The number of benzene rings is 1. The SMILES string of the molecule is CC[C@H](C)NC(=O)c1coc(CN2CCN(c3ccccc3OC)CC2)n1. The lowest BCUT2D eigenvalue weighted by Crippen LogP contribution is -2.46. The Bertz CT molecular complexity index is 753. The zero-order chi connectivity index (χ0) is 19.2. The van der Waals surface area contributed by atoms with Gasteiger partial charge < -0.3 is 19.4 Å². The Morgan fingerprint density at radius 3 is 2.74 bits per heavy atom. The fourth-order valence-corrected chi connectivity index (χ4v) is 3.12. The summed E-state index contributed by atoms with van der Waals surface area (Å²) < 4.78 is 11.0. The van der Waals surface area contributed by atoms with Crippen LogP contribution in [0.5, 0.6) is 5.75 Å². The molecule has 146 valence electrons. The largest absolute Gasteiger partial charge is 0.495 e. The van der Waals surface area contributed by atoms with Crippen molar-refractivity contribution in [2.24, 2.45) is 0 Å². The summed E-state index contributed by atoms with van der Waals surface area (Å²) in [6.45, 7) is 8.22. The van der Waals surface area contributed by atoms with E-state index in [2.05, 4.69) is 26.2 Å². The Balaban J connectivity index is 1.53. The van der Waals surface area contributed by atoms with Crippen LogP contribution >= 0.6 is 0 Å². The van der Waals surface area contributed by atoms with E-state index in [1.807, 2.05) is 32.0 Å². The van der Waals surface area contributed by atoms with E-state index in [0.29, 0.717) is 18.1 Å². The summed E-state index contributed by atoms with van der Waals surface area (Å²) in [6, 6.07) is 8.21. The molecule has 27 heavy (non-hydrogen) atoms. The number of methoxy groups -OCH3 is 1. The van der Waals surface area contributed by atoms with E-state index in [0.717, 1.165) is 44.0 Å². The summed E-state index contributed by atoms with van der Waals surface area (Å²) >= 11 is 0. The van der Waals surface area contributed by atoms with Crippen LogP contribution < -0.4 is 15.0 Å². The number of oxazole rings is 1. The van der Waals surface area contributed by atoms with Crippen LogP contribution in [-0.4, -0.2) is 55.1 Å². The van der Waals surface area contributed by atoms with E-state index in [-0.39, 0.29) is 11.9 Å². The highest BCUT2D eigenvalue weighted by molar-refractivity contribution is 5.92. The predicted octanol–water partition coefficient (Wildman–Crippen LogP) is 2.53. The average Bonchev–Trinajstić information content (AvgIpc) is 3.17. The van der Waals surface area contributed by atoms with E-state index in [9.17, 15) is 4.79 Å². The van der Waals surface area contributed by atoms with Crippen molar-refractivity contribution in [2.45, 2.75) is 32.9 Å². The smallest absolute Gasteiger partial charge is 0.273 e. The molecule has 2 aromatic rings. The number of aromatic nitrogens is 1. The second-order valence-corrected chi connectivity index (χ2v) is 6.84. The summed E-state index contributed by atoms with van der Waals surface area (Å²) in [5.74, 6) is 1.30. The van der Waals surface area contributed by atoms with Crippen molar-refractivity contribution in [2.75, 3.05) is 38.2 Å². The maximum absolute atomic E-state index is 12.1. The first-order valence-corrected chi connectivity index (χ1v) is 9.46. The molecule has 0 saturated carbocycles. The minimum atomic E-state index is -0.180. The molecule has 0 spiro atoms. The van der Waals surface area contributed by atoms with Crippen LogP contribution in [0.4, 0.5) is 5.69 Å². The van der Waals surface area contributed by atoms with Crippen molar-refractivity contribution in [3.05, 3.63) is 42.1 Å². The van der Waals surface area contributed by atoms with Crippen LogP contribution in [0.1, 0.15) is 36.6 Å². The lowest BCUT2D eigenvalue weighted by Gasteiger charge is -2.36. The Labute approximate surface area is 160 Å². The van der Waals surface area contributed by atoms with Crippen LogP contribution in [0.3, 0.4) is 0 Å². The molecule has 0 aliphatic carbocycles. The second-order valence-electron chi connectivity index (χ2n) is 6.84. The number of nitrogens with zero attached hydrogens (tertiary/aromatic N) is 3. The summed E-state index contributed by atoms with van der Waals surface area (Å²) in [7, 11) is 1.70. The molecule has 0 bridgehead atoms. The van der Waals surface area contributed by atoms with Gasteiger partial charge in [0.05, 0.1) is 19.3 Å². The first-order chi connectivity index (χ1) is 13.1. The van der Waals surface area contributed by atoms with Gasteiger partial charge in [0.1, 0.15) is 12.0 Å². The number of carbonyl (C=O) groups is 1. The van der Waals surface area contributed by atoms with Gasteiger partial charge >= 0.3 is 0 Å². The molecule has 0 radical (unpaired) electrons. The third-order valence-corrected chi connectivity index (χ3v) is 4.93. The maximum Gasteiger partial charge on any atom is 0.273 e. The third-order valence-electron chi connectivity index (χ3n) is 4.93. The van der Waals surface area contributed by atoms with Gasteiger partial charge in [-0.2, -0.15) is 0 Å². The number of ether oxygens (including phenoxy) is 1. The monoisotopic (exact) mass is 372 g/mol. The predicted molar refractivity (Wildman–Crippen MR) is 104 cm³/mol. The number of anilines is 1. The van der Waals surface area contributed by atoms with E-state index >= 15 is 0 Å². The van der Waals surface area contributed by atoms with Gasteiger partial charge in [-0.1, -0.05) is 19.1 Å². The van der Waals surface area contributed by atoms with Crippen molar-refractivity contribution in [3.8, 4) is 5.75 Å². The summed E-state index contributed by atoms with van der Waals surface area (Å²) in [6.07, 6.45) is 2.32. The second kappa shape index (κ2) is 8.90. The molecule has 1 atom stereocenters. The molecule has 1 amide bonds. The molecule has 7 nitrogen and oxygen atoms in total. The van der Waals surface area contributed by atoms with E-state index in [1.54, 1.807) is 7.11 Å². The molecule has 1 saturated heterocycles. The molecular formula is C20H28N4O3. The van der Waals surface area contributed by atoms with Crippen LogP contribution in [0.2, 0.25) is 0 Å². The minimum absolute atomic E-state index is 0.126. The summed E-state index contributed by atoms with van der Waals surface area (Å²) in [4.78, 5) is 21.1. The molecule has 1 aromatic carbocycles. The van der Waals surface area contributed by atoms with Crippen molar-refractivity contribution in [3.63, 3.8) is 0 Å². The molecule has 1 N–H and O–H groups in total. The topological polar surface area (TPSA) is 70.8 Å². The van der Waals surface area contributed by atoms with Crippen molar-refractivity contribution in [1.82, 2.24) is 15.2 Å². The Morgan fingerprint density at radius 1 is 1.30 bits per heavy atom. The van der Waals surface area contributed by atoms with Crippen molar-refractivity contribution in [1.29, 1.82) is 0 Å². The van der Waals surface area contributed by atoms with Gasteiger partial charge in [0, 0.05) is 32.2 Å². The average molecular weight is 372 g/mol. The van der Waals surface area contributed by atoms with Crippen LogP contribution in [-0.2, 0) is 6.54 Å². The highest BCUT2D eigenvalue weighted by atomic mass is 16.5. The number of para-hydroxylation sites is 2. The number of nitrogens with one attached hydrogen (secondary N) is 1. The third kappa shape index (κ3) is 4.80. The van der Waals surface area contributed by atoms with E-state index in [4.69, 9.17) is 9.15 Å². The highest BCUT2D eigenvalue weighted by Gasteiger charge is 2.21. The summed E-state index contributed by atoms with van der Waals surface area (Å²) in [5.41, 5.74) is 1.47. The first-order valence-electron chi connectivity index (χ1n) is 9.46. The van der Waals surface area contributed by atoms with Crippen LogP contribution in [0.25, 0.3) is 0 Å². The van der Waals surface area contributed by atoms with Gasteiger partial charge in [0.2, 0.25) is 5.89 Å². The molecule has 3 rings (SSSR count). The molecule has 2 heterocycles. The van der Waals surface area contributed by atoms with E-state index < -0.39 is 0 Å². The van der Waals surface area contributed by atoms with Gasteiger partial charge in [-0.15, -0.1) is 0 Å². The lowest BCUT2D eigenvalue weighted by atomic mass is 10.2. The molecule has 7 heteroatoms. The molecule has 1 aliphatic rings. The minimum Gasteiger partial charge on any atom is -0.495 e. The van der Waals surface area contributed by atoms with Gasteiger partial charge in [-0.05, 0) is 25.5 Å². The lowest BCUT2D eigenvalue weighted by molar-refractivity contribution is 0.0934. The van der Waals surface area contributed by atoms with Gasteiger partial charge in [0.15, 0.2) is 5.69 Å². The van der Waals surface area contributed by atoms with Crippen LogP contribution in [0, 0.1) is 0 Å². The molecule has 1 aromatic heterocycles. The Kier molecular flexibility index (Phi) is 6.34. The quantitative estimate of drug-likeness (QED) is 0.805. The fraction of sp³-hybridized carbons (Fsp3) is 0.500. The molecule has 1 fully saturated rings. The molecule has 1 aliphatic heterocycles. The van der Waals surface area contributed by atoms with Gasteiger partial charge in [-0.25, -0.2) is 4.98 Å². The molecular weight excluding hydrogens is 344 g/mol. The number of amides is 1. The van der Waals surface area contributed by atoms with Crippen LogP contribution in [0.15, 0.2) is 34.9 Å². The summed E-state index contributed by atoms with van der Waals surface area (Å²) in [5, 5.41) is 2.90. The number of hydrogen-bond acceptors (Lipinski definition) is 6. The number of carbonyl (C=O) groups excluding carboxylic acids is 1. The Morgan fingerprint density at radius 2 is 2.04 bits per heavy atom. The molecule has 0 unspecified atom stereocenters. The van der Waals surface area contributed by atoms with Crippen molar-refractivity contribution >= 4 is 11.6 Å². The number of piperazine rings is 1. The number of hydrogen-bond donors (Lipinski definition) is 1. The standard InChI is InChI=1S/C20H28N4O3/c1-4-15(2)21-20(25)16-14-27-19(22-16)13-23-9-11-24(12-10-23)17-7-5-6-8-18(17)26-3/h5-8,14-15H,4,9-13H2,1-3H3,(H,21,25)/t15-/m0/s1. The highest BCUT2D eigenvalue weighted by Crippen LogP contribution is 2.28.